The van der Waals surface area contributed by atoms with E-state index in [0.29, 0.717) is 19.4 Å². The summed E-state index contributed by atoms with van der Waals surface area (Å²) in [5.41, 5.74) is 1.47. The third-order valence-corrected chi connectivity index (χ3v) is 6.08. The molecule has 7 heteroatoms. The molecular formula is C24H25N3O4. The molecule has 3 amide bonds. The zero-order valence-electron chi connectivity index (χ0n) is 17.6. The molecule has 1 N–H and O–H groups in total. The number of fused-ring (bicyclic) bond motifs is 2. The number of likely N-dealkylation sites (tertiary alicyclic amines) is 1. The quantitative estimate of drug-likeness (QED) is 0.611. The number of rotatable bonds is 4. The van der Waals surface area contributed by atoms with E-state index in [-0.39, 0.29) is 11.9 Å². The van der Waals surface area contributed by atoms with Gasteiger partial charge in [0, 0.05) is 30.9 Å². The SMILES string of the molecule is COC(=O)/C=C/[C@@H]1CC[C@]2(C(=O)N(C)c3ccccc32)N1C(=O)NCc1ccccc1. The van der Waals surface area contributed by atoms with Crippen molar-refractivity contribution in [3.63, 3.8) is 0 Å². The van der Waals surface area contributed by atoms with Gasteiger partial charge >= 0.3 is 12.0 Å². The first-order chi connectivity index (χ1) is 15.0. The number of para-hydroxylation sites is 1. The number of likely N-dealkylation sites (N-methyl/N-ethyl adjacent to an activating group) is 1. The minimum absolute atomic E-state index is 0.141. The van der Waals surface area contributed by atoms with Crippen molar-refractivity contribution >= 4 is 23.6 Å². The fraction of sp³-hybridized carbons (Fsp3) is 0.292. The van der Waals surface area contributed by atoms with Crippen molar-refractivity contribution in [2.45, 2.75) is 31.0 Å². The number of hydrogen-bond donors (Lipinski definition) is 1. The molecule has 0 aliphatic carbocycles. The third kappa shape index (κ3) is 3.46. The van der Waals surface area contributed by atoms with E-state index in [1.165, 1.54) is 13.2 Å². The Morgan fingerprint density at radius 2 is 1.87 bits per heavy atom. The van der Waals surface area contributed by atoms with E-state index < -0.39 is 17.6 Å². The summed E-state index contributed by atoms with van der Waals surface area (Å²) >= 11 is 0. The summed E-state index contributed by atoms with van der Waals surface area (Å²) in [5.74, 6) is -0.640. The molecule has 31 heavy (non-hydrogen) atoms. The molecule has 2 atom stereocenters. The standard InChI is InChI=1S/C24H25N3O4/c1-26-20-11-7-6-10-19(20)24(22(26)29)15-14-18(12-13-21(28)31-2)27(24)23(30)25-16-17-8-4-3-5-9-17/h3-13,18H,14-16H2,1-2H3,(H,25,30)/b13-12+/t18-,24+/m1/s1. The van der Waals surface area contributed by atoms with E-state index in [0.717, 1.165) is 16.8 Å². The van der Waals surface area contributed by atoms with Gasteiger partial charge in [-0.25, -0.2) is 9.59 Å². The van der Waals surface area contributed by atoms with Crippen molar-refractivity contribution in [1.29, 1.82) is 0 Å². The van der Waals surface area contributed by atoms with E-state index in [1.54, 1.807) is 22.9 Å². The van der Waals surface area contributed by atoms with Gasteiger partial charge in [-0.3, -0.25) is 9.69 Å². The molecule has 1 saturated heterocycles. The van der Waals surface area contributed by atoms with E-state index in [2.05, 4.69) is 5.32 Å². The maximum Gasteiger partial charge on any atom is 0.330 e. The average molecular weight is 419 g/mol. The molecule has 2 aromatic rings. The molecule has 160 valence electrons. The maximum atomic E-state index is 13.5. The van der Waals surface area contributed by atoms with Gasteiger partial charge in [0.05, 0.1) is 13.2 Å². The molecule has 2 aliphatic heterocycles. The van der Waals surface area contributed by atoms with Crippen molar-refractivity contribution in [3.8, 4) is 0 Å². The van der Waals surface area contributed by atoms with Crippen LogP contribution in [0.3, 0.4) is 0 Å². The number of nitrogens with zero attached hydrogens (tertiary/aromatic N) is 2. The lowest BCUT2D eigenvalue weighted by Gasteiger charge is -2.36. The second-order valence-corrected chi connectivity index (χ2v) is 7.74. The van der Waals surface area contributed by atoms with Gasteiger partial charge < -0.3 is 15.0 Å². The van der Waals surface area contributed by atoms with Crippen LogP contribution in [0.4, 0.5) is 10.5 Å². The third-order valence-electron chi connectivity index (χ3n) is 6.08. The number of nitrogens with one attached hydrogen (secondary N) is 1. The van der Waals surface area contributed by atoms with Crippen LogP contribution in [0.25, 0.3) is 0 Å². The number of urea groups is 1. The van der Waals surface area contributed by atoms with Crippen LogP contribution in [0.1, 0.15) is 24.0 Å². The summed E-state index contributed by atoms with van der Waals surface area (Å²) in [6.07, 6.45) is 4.00. The number of methoxy groups -OCH3 is 1. The number of amides is 3. The lowest BCUT2D eigenvalue weighted by molar-refractivity contribution is -0.134. The van der Waals surface area contributed by atoms with Crippen molar-refractivity contribution in [2.75, 3.05) is 19.1 Å². The van der Waals surface area contributed by atoms with Gasteiger partial charge in [-0.05, 0) is 24.5 Å². The lowest BCUT2D eigenvalue weighted by Crippen LogP contribution is -2.56. The number of carbonyl (C=O) groups excluding carboxylic acids is 3. The number of carbonyl (C=O) groups is 3. The van der Waals surface area contributed by atoms with E-state index >= 15 is 0 Å². The van der Waals surface area contributed by atoms with Gasteiger partial charge in [0.15, 0.2) is 5.54 Å². The highest BCUT2D eigenvalue weighted by molar-refractivity contribution is 6.09. The average Bonchev–Trinajstić information content (AvgIpc) is 3.29. The summed E-state index contributed by atoms with van der Waals surface area (Å²) < 4.78 is 4.70. The van der Waals surface area contributed by atoms with Crippen LogP contribution in [-0.2, 0) is 26.4 Å². The number of benzene rings is 2. The van der Waals surface area contributed by atoms with Crippen molar-refractivity contribution < 1.29 is 19.1 Å². The van der Waals surface area contributed by atoms with Crippen LogP contribution in [0.5, 0.6) is 0 Å². The Morgan fingerprint density at radius 1 is 1.16 bits per heavy atom. The zero-order chi connectivity index (χ0) is 22.0. The van der Waals surface area contributed by atoms with Crippen LogP contribution in [-0.4, -0.2) is 43.0 Å². The largest absolute Gasteiger partial charge is 0.466 e. The van der Waals surface area contributed by atoms with Crippen molar-refractivity contribution in [1.82, 2.24) is 10.2 Å². The number of anilines is 1. The molecule has 2 heterocycles. The summed E-state index contributed by atoms with van der Waals surface area (Å²) in [6.45, 7) is 0.339. The Hall–Kier alpha value is -3.61. The predicted molar refractivity (Wildman–Crippen MR) is 116 cm³/mol. The van der Waals surface area contributed by atoms with Crippen LogP contribution in [0.2, 0.25) is 0 Å². The monoisotopic (exact) mass is 419 g/mol. The molecule has 0 bridgehead atoms. The van der Waals surface area contributed by atoms with Gasteiger partial charge in [0.25, 0.3) is 5.91 Å². The lowest BCUT2D eigenvalue weighted by atomic mass is 9.88. The number of hydrogen-bond acceptors (Lipinski definition) is 4. The van der Waals surface area contributed by atoms with Gasteiger partial charge in [0.1, 0.15) is 0 Å². The second-order valence-electron chi connectivity index (χ2n) is 7.74. The Morgan fingerprint density at radius 3 is 2.61 bits per heavy atom. The highest BCUT2D eigenvalue weighted by Gasteiger charge is 2.60. The van der Waals surface area contributed by atoms with Crippen molar-refractivity contribution in [2.24, 2.45) is 0 Å². The van der Waals surface area contributed by atoms with Gasteiger partial charge in [-0.15, -0.1) is 0 Å². The van der Waals surface area contributed by atoms with Crippen molar-refractivity contribution in [3.05, 3.63) is 77.9 Å². The molecule has 0 unspecified atom stereocenters. The van der Waals surface area contributed by atoms with Crippen LogP contribution in [0.15, 0.2) is 66.7 Å². The fourth-order valence-electron chi connectivity index (χ4n) is 4.60. The molecule has 7 nitrogen and oxygen atoms in total. The Kier molecular flexibility index (Phi) is 5.50. The van der Waals surface area contributed by atoms with Crippen LogP contribution < -0.4 is 10.2 Å². The molecule has 0 aromatic heterocycles. The summed E-state index contributed by atoms with van der Waals surface area (Å²) in [7, 11) is 3.03. The highest BCUT2D eigenvalue weighted by Crippen LogP contribution is 2.51. The smallest absolute Gasteiger partial charge is 0.330 e. The molecular weight excluding hydrogens is 394 g/mol. The molecule has 2 aromatic carbocycles. The normalized spacial score (nSPS) is 22.3. The van der Waals surface area contributed by atoms with E-state index in [9.17, 15) is 14.4 Å². The molecule has 1 fully saturated rings. The van der Waals surface area contributed by atoms with Crippen LogP contribution >= 0.6 is 0 Å². The molecule has 2 aliphatic rings. The zero-order valence-corrected chi connectivity index (χ0v) is 17.6. The minimum atomic E-state index is -1.10. The number of esters is 1. The Balaban J connectivity index is 1.71. The summed E-state index contributed by atoms with van der Waals surface area (Å²) in [4.78, 5) is 41.9. The predicted octanol–water partition coefficient (Wildman–Crippen LogP) is 2.96. The fourth-order valence-corrected chi connectivity index (χ4v) is 4.60. The van der Waals surface area contributed by atoms with Gasteiger partial charge in [0.2, 0.25) is 0 Å². The molecule has 4 rings (SSSR count). The second kappa shape index (κ2) is 8.26. The highest BCUT2D eigenvalue weighted by atomic mass is 16.5. The number of ether oxygens (including phenoxy) is 1. The Bertz CT molecular complexity index is 1040. The Labute approximate surface area is 181 Å². The first kappa shape index (κ1) is 20.7. The molecule has 0 saturated carbocycles. The summed E-state index contributed by atoms with van der Waals surface area (Å²) in [6, 6.07) is 16.4. The topological polar surface area (TPSA) is 79.0 Å². The summed E-state index contributed by atoms with van der Waals surface area (Å²) in [5, 5.41) is 2.96. The van der Waals surface area contributed by atoms with Gasteiger partial charge in [-0.1, -0.05) is 54.6 Å². The molecule has 1 spiro atoms. The minimum Gasteiger partial charge on any atom is -0.466 e. The van der Waals surface area contributed by atoms with E-state index in [1.807, 2.05) is 54.6 Å². The maximum absolute atomic E-state index is 13.5. The first-order valence-electron chi connectivity index (χ1n) is 10.2. The van der Waals surface area contributed by atoms with Crippen LogP contribution in [0, 0.1) is 0 Å². The molecule has 0 radical (unpaired) electrons. The van der Waals surface area contributed by atoms with Gasteiger partial charge in [-0.2, -0.15) is 0 Å². The van der Waals surface area contributed by atoms with E-state index in [4.69, 9.17) is 4.74 Å². The first-order valence-corrected chi connectivity index (χ1v) is 10.2.